The third-order valence-corrected chi connectivity index (χ3v) is 8.73. The Kier molecular flexibility index (Phi) is 11.6. The van der Waals surface area contributed by atoms with Crippen molar-refractivity contribution >= 4 is 33.5 Å². The van der Waals surface area contributed by atoms with E-state index in [0.29, 0.717) is 18.2 Å². The third-order valence-electron chi connectivity index (χ3n) is 4.15. The molecule has 1 aromatic heterocycles. The van der Waals surface area contributed by atoms with Gasteiger partial charge in [-0.25, -0.2) is 9.78 Å². The Morgan fingerprint density at radius 2 is 1.67 bits per heavy atom. The van der Waals surface area contributed by atoms with Crippen molar-refractivity contribution in [1.82, 2.24) is 9.88 Å². The van der Waals surface area contributed by atoms with Crippen LogP contribution in [0.4, 0.5) is 4.79 Å². The van der Waals surface area contributed by atoms with Crippen molar-refractivity contribution < 1.29 is 18.5 Å². The molecule has 0 atom stereocenters. The van der Waals surface area contributed by atoms with Gasteiger partial charge >= 0.3 is 6.09 Å². The van der Waals surface area contributed by atoms with E-state index in [1.165, 1.54) is 22.7 Å². The van der Waals surface area contributed by atoms with Crippen LogP contribution in [-0.2, 0) is 15.5 Å². The van der Waals surface area contributed by atoms with Gasteiger partial charge in [-0.3, -0.25) is 4.79 Å². The van der Waals surface area contributed by atoms with E-state index < -0.39 is 22.0 Å². The van der Waals surface area contributed by atoms with Gasteiger partial charge in [-0.1, -0.05) is 41.0 Å². The number of amides is 1. The van der Waals surface area contributed by atoms with Gasteiger partial charge in [0.1, 0.15) is 12.2 Å². The zero-order chi connectivity index (χ0) is 23.8. The average Bonchev–Trinajstić information content (AvgIpc) is 3.05. The van der Waals surface area contributed by atoms with Gasteiger partial charge in [0.25, 0.3) is 0 Å². The predicted octanol–water partition coefficient (Wildman–Crippen LogP) is 6.29. The fourth-order valence-electron chi connectivity index (χ4n) is 1.69. The quantitative estimate of drug-likeness (QED) is 0.445. The molecule has 0 aliphatic rings. The highest BCUT2D eigenvalue weighted by molar-refractivity contribution is 8.29. The normalized spacial score (nSPS) is 12.6. The van der Waals surface area contributed by atoms with Crippen molar-refractivity contribution in [3.8, 4) is 0 Å². The molecule has 176 valence electrons. The molecule has 30 heavy (non-hydrogen) atoms. The zero-order valence-corrected chi connectivity index (χ0v) is 22.4. The lowest BCUT2D eigenvalue weighted by Gasteiger charge is -2.43. The summed E-state index contributed by atoms with van der Waals surface area (Å²) >= 11 is 1.32. The molecule has 0 aromatic carbocycles. The van der Waals surface area contributed by atoms with Crippen molar-refractivity contribution in [3.05, 3.63) is 16.1 Å². The van der Waals surface area contributed by atoms with Gasteiger partial charge in [-0.15, -0.1) is 21.6 Å². The lowest BCUT2D eigenvalue weighted by Crippen LogP contribution is -2.35. The van der Waals surface area contributed by atoms with Crippen molar-refractivity contribution in [2.45, 2.75) is 85.2 Å². The number of nitrogens with zero attached hydrogens (tertiary/aromatic N) is 2. The van der Waals surface area contributed by atoms with Gasteiger partial charge < -0.3 is 13.8 Å². The van der Waals surface area contributed by atoms with Crippen LogP contribution < -0.4 is 0 Å². The molecule has 0 spiro atoms. The first kappa shape index (κ1) is 28.9. The Labute approximate surface area is 189 Å². The first-order valence-corrected chi connectivity index (χ1v) is 13.6. The summed E-state index contributed by atoms with van der Waals surface area (Å²) in [7, 11) is 0.394. The third kappa shape index (κ3) is 10.8. The number of hydrogen-bond acceptors (Lipinski definition) is 6. The molecular weight excluding hydrogens is 420 g/mol. The molecule has 8 heteroatoms. The highest BCUT2D eigenvalue weighted by Crippen LogP contribution is 2.54. The Hall–Kier alpha value is -1.12. The number of ether oxygens (including phenoxy) is 1. The first-order valence-electron chi connectivity index (χ1n) is 10.3. The van der Waals surface area contributed by atoms with E-state index >= 15 is 0 Å². The average molecular weight is 463 g/mol. The number of rotatable bonds is 7. The summed E-state index contributed by atoms with van der Waals surface area (Å²) < 4.78 is 11.5. The summed E-state index contributed by atoms with van der Waals surface area (Å²) in [5.74, 6) is -0.0795. The van der Waals surface area contributed by atoms with E-state index in [-0.39, 0.29) is 17.0 Å². The summed E-state index contributed by atoms with van der Waals surface area (Å²) in [6.45, 7) is 16.9. The number of ketones is 1. The van der Waals surface area contributed by atoms with Crippen LogP contribution in [0.2, 0.25) is 0 Å². The molecule has 0 aliphatic heterocycles. The molecule has 0 saturated carbocycles. The maximum absolute atomic E-state index is 12.4. The highest BCUT2D eigenvalue weighted by atomic mass is 32.3. The molecule has 1 heterocycles. The van der Waals surface area contributed by atoms with Gasteiger partial charge in [0, 0.05) is 30.1 Å². The number of thiazole rings is 1. The molecule has 0 fully saturated rings. The van der Waals surface area contributed by atoms with Crippen LogP contribution in [0.1, 0.15) is 83.7 Å². The van der Waals surface area contributed by atoms with Crippen LogP contribution in [0.5, 0.6) is 0 Å². The van der Waals surface area contributed by atoms with Crippen LogP contribution in [0.3, 0.4) is 0 Å². The molecule has 0 saturated heterocycles. The largest absolute Gasteiger partial charge is 0.444 e. The summed E-state index contributed by atoms with van der Waals surface area (Å²) in [6, 6.07) is 0. The molecule has 1 amide bonds. The van der Waals surface area contributed by atoms with Gasteiger partial charge in [-0.05, 0) is 33.3 Å². The second-order valence-corrected chi connectivity index (χ2v) is 14.3. The Balaban J connectivity index is 0.00000263. The van der Waals surface area contributed by atoms with Crippen molar-refractivity contribution in [2.75, 3.05) is 26.1 Å². The van der Waals surface area contributed by atoms with E-state index in [1.54, 1.807) is 7.05 Å². The number of carbonyl (C=O) groups is 2. The van der Waals surface area contributed by atoms with E-state index in [1.807, 2.05) is 26.2 Å². The van der Waals surface area contributed by atoms with Crippen LogP contribution >= 0.6 is 21.6 Å². The first-order chi connectivity index (χ1) is 13.5. The highest BCUT2D eigenvalue weighted by Gasteiger charge is 2.29. The Morgan fingerprint density at radius 3 is 2.13 bits per heavy atom. The molecule has 0 bridgehead atoms. The van der Waals surface area contributed by atoms with Gasteiger partial charge in [0.15, 0.2) is 10.8 Å². The number of hydrogen-bond donors (Lipinski definition) is 0. The number of aromatic nitrogens is 1. The number of carbonyl (C=O) groups excluding carboxylic acids is 2. The Morgan fingerprint density at radius 1 is 1.13 bits per heavy atom. The van der Waals surface area contributed by atoms with Crippen molar-refractivity contribution in [2.24, 2.45) is 0 Å². The van der Waals surface area contributed by atoms with Crippen molar-refractivity contribution in [3.63, 3.8) is 0 Å². The monoisotopic (exact) mass is 462 g/mol. The van der Waals surface area contributed by atoms with Gasteiger partial charge in [0.2, 0.25) is 0 Å². The minimum Gasteiger partial charge on any atom is -0.444 e. The topological polar surface area (TPSA) is 68.7 Å². The maximum Gasteiger partial charge on any atom is 0.410 e. The van der Waals surface area contributed by atoms with Crippen LogP contribution in [0, 0.1) is 0 Å². The summed E-state index contributed by atoms with van der Waals surface area (Å²) in [5.41, 5.74) is 0.219. The van der Waals surface area contributed by atoms with E-state index in [9.17, 15) is 9.59 Å². The minimum absolute atomic E-state index is 0.0773. The van der Waals surface area contributed by atoms with Crippen LogP contribution in [0.25, 0.3) is 0 Å². The van der Waals surface area contributed by atoms with E-state index in [4.69, 9.17) is 8.92 Å². The van der Waals surface area contributed by atoms with Gasteiger partial charge in [-0.2, -0.15) is 0 Å². The molecule has 0 aliphatic carbocycles. The summed E-state index contributed by atoms with van der Waals surface area (Å²) in [6.07, 6.45) is 5.30. The second kappa shape index (κ2) is 12.1. The molecular formula is C22H42N2O4S2. The molecule has 1 rings (SSSR count). The smallest absolute Gasteiger partial charge is 0.410 e. The molecule has 0 unspecified atom stereocenters. The fraction of sp³-hybridized carbons (Fsp3) is 0.773. The Bertz CT molecular complexity index is 673. The standard InChI is InChI=1S/C19H34N2O4S2.C3H8/c1-18(2,3)25-17(23)21(7)11-10-15(22)16-20-14(13-26-16)12-24-27(8,9)19(4,5)6;1-3-2/h13H,10-12H2,1-9H3;3H2,1-2H3. The van der Waals surface area contributed by atoms with Crippen LogP contribution in [0.15, 0.2) is 5.38 Å². The fourth-order valence-corrected chi connectivity index (χ4v) is 3.23. The second-order valence-electron chi connectivity index (χ2n) is 9.53. The summed E-state index contributed by atoms with van der Waals surface area (Å²) in [4.78, 5) is 30.1. The van der Waals surface area contributed by atoms with E-state index in [0.717, 1.165) is 5.69 Å². The lowest BCUT2D eigenvalue weighted by atomic mass is 10.2. The SMILES string of the molecule is CCC.CN(CCC(=O)c1nc(COS(C)(C)C(C)(C)C)cs1)C(=O)OC(C)(C)C. The van der Waals surface area contributed by atoms with Crippen LogP contribution in [-0.4, -0.2) is 58.2 Å². The molecule has 1 aromatic rings. The summed E-state index contributed by atoms with van der Waals surface area (Å²) in [5, 5.41) is 2.32. The molecule has 6 nitrogen and oxygen atoms in total. The zero-order valence-electron chi connectivity index (χ0n) is 20.7. The predicted molar refractivity (Wildman–Crippen MR) is 130 cm³/mol. The maximum atomic E-state index is 12.4. The van der Waals surface area contributed by atoms with Gasteiger partial charge in [0.05, 0.1) is 5.69 Å². The molecule has 0 radical (unpaired) electrons. The number of Topliss-reactive ketones (excluding diaryl/α,β-unsaturated/α-hetero) is 1. The minimum atomic E-state index is -1.23. The lowest BCUT2D eigenvalue weighted by molar-refractivity contribution is 0.0298. The molecule has 0 N–H and O–H groups in total. The van der Waals surface area contributed by atoms with Crippen molar-refractivity contribution in [1.29, 1.82) is 0 Å². The van der Waals surface area contributed by atoms with E-state index in [2.05, 4.69) is 52.1 Å².